The Morgan fingerprint density at radius 2 is 1.74 bits per heavy atom. The van der Waals surface area contributed by atoms with Crippen LogP contribution in [0.1, 0.15) is 35.2 Å². The van der Waals surface area contributed by atoms with Gasteiger partial charge in [-0.3, -0.25) is 14.5 Å². The van der Waals surface area contributed by atoms with E-state index in [0.29, 0.717) is 25.3 Å². The highest BCUT2D eigenvalue weighted by Gasteiger charge is 2.50. The maximum atomic E-state index is 15.4. The van der Waals surface area contributed by atoms with E-state index in [9.17, 15) is 23.5 Å². The number of nitrogens with zero attached hydrogens (tertiary/aromatic N) is 3. The van der Waals surface area contributed by atoms with Crippen molar-refractivity contribution in [1.82, 2.24) is 10.3 Å². The summed E-state index contributed by atoms with van der Waals surface area (Å²) in [5, 5.41) is 12.5. The van der Waals surface area contributed by atoms with Gasteiger partial charge in [-0.05, 0) is 49.7 Å². The summed E-state index contributed by atoms with van der Waals surface area (Å²) in [6.07, 6.45) is 0.0515. The van der Waals surface area contributed by atoms with Gasteiger partial charge >= 0.3 is 6.61 Å². The van der Waals surface area contributed by atoms with Gasteiger partial charge in [-0.25, -0.2) is 13.8 Å². The Kier molecular flexibility index (Phi) is 8.21. The van der Waals surface area contributed by atoms with Crippen molar-refractivity contribution in [3.8, 4) is 11.5 Å². The van der Waals surface area contributed by atoms with Crippen molar-refractivity contribution in [1.29, 1.82) is 0 Å². The normalized spacial score (nSPS) is 22.1. The molecule has 1 unspecified atom stereocenters. The number of methoxy groups -OCH3 is 1. The summed E-state index contributed by atoms with van der Waals surface area (Å²) >= 11 is 0. The number of carbonyl (C=O) groups excluding carboxylic acids is 2. The van der Waals surface area contributed by atoms with Crippen LogP contribution in [0.5, 0.6) is 11.5 Å². The average Bonchev–Trinajstić information content (AvgIpc) is 3.49. The van der Waals surface area contributed by atoms with Crippen molar-refractivity contribution in [2.24, 2.45) is 0 Å². The van der Waals surface area contributed by atoms with Crippen LogP contribution in [-0.2, 0) is 4.79 Å². The number of aromatic nitrogens is 1. The van der Waals surface area contributed by atoms with Crippen LogP contribution >= 0.6 is 0 Å². The van der Waals surface area contributed by atoms with Crippen LogP contribution in [0.2, 0.25) is 0 Å². The van der Waals surface area contributed by atoms with Gasteiger partial charge in [0.1, 0.15) is 40.8 Å². The third-order valence-corrected chi connectivity index (χ3v) is 7.49. The molecule has 2 amide bonds. The number of hydrogen-bond donors (Lipinski definition) is 2. The molecule has 13 heteroatoms. The number of anilines is 2. The zero-order valence-electron chi connectivity index (χ0n) is 22.6. The van der Waals surface area contributed by atoms with Crippen molar-refractivity contribution in [3.63, 3.8) is 0 Å². The SMILES string of the molecule is COc1cc(F)c([C@H]2C(NC(=O)c3ccc(OC(F)F)cc3)C(=O)N(c3cccc(N4CC[C@@H](O)C4)n3)[C@H]2C)c(F)c1. The first-order chi connectivity index (χ1) is 20.1. The quantitative estimate of drug-likeness (QED) is 0.386. The second-order valence-corrected chi connectivity index (χ2v) is 10.1. The molecule has 2 saturated heterocycles. The molecule has 42 heavy (non-hydrogen) atoms. The first kappa shape index (κ1) is 29.1. The first-order valence-corrected chi connectivity index (χ1v) is 13.2. The molecule has 3 aromatic rings. The molecule has 0 radical (unpaired) electrons. The van der Waals surface area contributed by atoms with E-state index in [1.807, 2.05) is 4.90 Å². The van der Waals surface area contributed by atoms with E-state index in [-0.39, 0.29) is 22.9 Å². The summed E-state index contributed by atoms with van der Waals surface area (Å²) in [6, 6.07) is 9.49. The van der Waals surface area contributed by atoms with E-state index in [0.717, 1.165) is 24.3 Å². The summed E-state index contributed by atoms with van der Waals surface area (Å²) in [7, 11) is 1.26. The Bertz CT molecular complexity index is 1450. The number of aliphatic hydroxyl groups is 1. The fraction of sp³-hybridized carbons (Fsp3) is 0.345. The fourth-order valence-corrected chi connectivity index (χ4v) is 5.51. The number of hydrogen-bond acceptors (Lipinski definition) is 7. The monoisotopic (exact) mass is 588 g/mol. The number of rotatable bonds is 8. The van der Waals surface area contributed by atoms with Crippen molar-refractivity contribution in [3.05, 3.63) is 77.4 Å². The van der Waals surface area contributed by atoms with Gasteiger partial charge in [0.2, 0.25) is 0 Å². The number of halogens is 4. The van der Waals surface area contributed by atoms with Crippen LogP contribution in [0.4, 0.5) is 29.2 Å². The highest BCUT2D eigenvalue weighted by Crippen LogP contribution is 2.41. The smallest absolute Gasteiger partial charge is 0.387 e. The van der Waals surface area contributed by atoms with Crippen LogP contribution in [0.25, 0.3) is 0 Å². The minimum atomic E-state index is -3.05. The molecule has 2 aliphatic heterocycles. The summed E-state index contributed by atoms with van der Waals surface area (Å²) in [4.78, 5) is 34.9. The molecule has 222 valence electrons. The van der Waals surface area contributed by atoms with E-state index in [4.69, 9.17) is 4.74 Å². The second kappa shape index (κ2) is 11.8. The molecule has 4 atom stereocenters. The number of β-amino-alcohol motifs (C(OH)–C–C–N with tert-alkyl or cyclic N) is 1. The molecule has 0 saturated carbocycles. The van der Waals surface area contributed by atoms with Crippen molar-refractivity contribution >= 4 is 23.5 Å². The number of alkyl halides is 2. The van der Waals surface area contributed by atoms with E-state index in [1.54, 1.807) is 25.1 Å². The molecular formula is C29H28F4N4O5. The largest absolute Gasteiger partial charge is 0.497 e. The molecule has 3 heterocycles. The molecule has 2 fully saturated rings. The number of pyridine rings is 1. The molecule has 1 aromatic heterocycles. The lowest BCUT2D eigenvalue weighted by molar-refractivity contribution is -0.118. The summed E-state index contributed by atoms with van der Waals surface area (Å²) in [6.45, 7) is -0.523. The van der Waals surface area contributed by atoms with Crippen LogP contribution in [0.3, 0.4) is 0 Å². The topological polar surface area (TPSA) is 104 Å². The molecule has 0 spiro atoms. The lowest BCUT2D eigenvalue weighted by atomic mass is 9.87. The average molecular weight is 589 g/mol. The van der Waals surface area contributed by atoms with Gasteiger partial charge in [-0.2, -0.15) is 8.78 Å². The number of benzene rings is 2. The van der Waals surface area contributed by atoms with Crippen LogP contribution in [-0.4, -0.2) is 66.9 Å². The number of aliphatic hydroxyl groups excluding tert-OH is 1. The highest BCUT2D eigenvalue weighted by atomic mass is 19.3. The minimum Gasteiger partial charge on any atom is -0.497 e. The fourth-order valence-electron chi connectivity index (χ4n) is 5.51. The Labute approximate surface area is 238 Å². The maximum Gasteiger partial charge on any atom is 0.387 e. The van der Waals surface area contributed by atoms with Crippen molar-refractivity contribution in [2.75, 3.05) is 30.0 Å². The Morgan fingerprint density at radius 3 is 2.33 bits per heavy atom. The summed E-state index contributed by atoms with van der Waals surface area (Å²) < 4.78 is 65.1. The Balaban J connectivity index is 1.51. The van der Waals surface area contributed by atoms with E-state index in [1.165, 1.54) is 24.1 Å². The van der Waals surface area contributed by atoms with Crippen molar-refractivity contribution < 1.29 is 41.7 Å². The van der Waals surface area contributed by atoms with Crippen LogP contribution < -0.4 is 24.6 Å². The van der Waals surface area contributed by atoms with E-state index < -0.39 is 59.7 Å². The van der Waals surface area contributed by atoms with E-state index in [2.05, 4.69) is 15.0 Å². The zero-order valence-corrected chi connectivity index (χ0v) is 22.6. The standard InChI is InChI=1S/C29H28F4N4O5/c1-15-24(25-20(30)12-19(41-2)13-21(25)31)26(35-27(39)16-6-8-18(9-7-16)42-29(32)33)28(40)37(15)23-5-3-4-22(34-23)36-11-10-17(38)14-36/h3-9,12-13,15,17,24,26,29,38H,10-11,14H2,1-2H3,(H,35,39)/t15-,17+,24-,26?/m0/s1. The molecule has 0 aliphatic carbocycles. The third-order valence-electron chi connectivity index (χ3n) is 7.49. The molecule has 2 N–H and O–H groups in total. The lowest BCUT2D eigenvalue weighted by Crippen LogP contribution is -2.44. The highest BCUT2D eigenvalue weighted by molar-refractivity contribution is 6.05. The molecular weight excluding hydrogens is 560 g/mol. The summed E-state index contributed by atoms with van der Waals surface area (Å²) in [5.74, 6) is -4.04. The number of ether oxygens (including phenoxy) is 2. The molecule has 2 aromatic carbocycles. The van der Waals surface area contributed by atoms with Gasteiger partial charge in [0.25, 0.3) is 11.8 Å². The molecule has 0 bridgehead atoms. The van der Waals surface area contributed by atoms with Gasteiger partial charge in [0.15, 0.2) is 0 Å². The number of amides is 2. The van der Waals surface area contributed by atoms with E-state index >= 15 is 8.78 Å². The maximum absolute atomic E-state index is 15.4. The predicted octanol–water partition coefficient (Wildman–Crippen LogP) is 3.86. The van der Waals surface area contributed by atoms with Gasteiger partial charge in [0, 0.05) is 48.3 Å². The second-order valence-electron chi connectivity index (χ2n) is 10.1. The lowest BCUT2D eigenvalue weighted by Gasteiger charge is -2.26. The molecule has 5 rings (SSSR count). The Morgan fingerprint density at radius 1 is 1.07 bits per heavy atom. The molecule has 9 nitrogen and oxygen atoms in total. The summed E-state index contributed by atoms with van der Waals surface area (Å²) in [5.41, 5.74) is -0.401. The number of nitrogens with one attached hydrogen (secondary N) is 1. The zero-order chi connectivity index (χ0) is 30.1. The molecule has 2 aliphatic rings. The minimum absolute atomic E-state index is 0.0117. The van der Waals surface area contributed by atoms with Gasteiger partial charge in [-0.15, -0.1) is 0 Å². The predicted molar refractivity (Wildman–Crippen MR) is 144 cm³/mol. The number of carbonyl (C=O) groups is 2. The van der Waals surface area contributed by atoms with Gasteiger partial charge in [-0.1, -0.05) is 6.07 Å². The third kappa shape index (κ3) is 5.69. The van der Waals surface area contributed by atoms with Crippen LogP contribution in [0.15, 0.2) is 54.6 Å². The first-order valence-electron chi connectivity index (χ1n) is 13.2. The van der Waals surface area contributed by atoms with Gasteiger partial charge < -0.3 is 24.8 Å². The van der Waals surface area contributed by atoms with Crippen molar-refractivity contribution in [2.45, 2.75) is 44.1 Å². The Hall–Kier alpha value is -4.39. The van der Waals surface area contributed by atoms with Crippen LogP contribution in [0, 0.1) is 11.6 Å². The van der Waals surface area contributed by atoms with Gasteiger partial charge in [0.05, 0.1) is 13.2 Å².